The first-order chi connectivity index (χ1) is 13.3. The normalized spacial score (nSPS) is 14.8. The summed E-state index contributed by atoms with van der Waals surface area (Å²) in [4.78, 5) is 19.8. The van der Waals surface area contributed by atoms with Crippen molar-refractivity contribution in [3.05, 3.63) is 63.1 Å². The van der Waals surface area contributed by atoms with Crippen LogP contribution in [-0.4, -0.2) is 39.4 Å². The van der Waals surface area contributed by atoms with Crippen LogP contribution in [0.2, 0.25) is 0 Å². The molecule has 8 nitrogen and oxygen atoms in total. The predicted octanol–water partition coefficient (Wildman–Crippen LogP) is 1.66. The molecular weight excluding hydrogens is 385 g/mol. The van der Waals surface area contributed by atoms with E-state index in [0.717, 1.165) is 0 Å². The summed E-state index contributed by atoms with van der Waals surface area (Å²) in [5.41, 5.74) is 1.97. The Morgan fingerprint density at radius 3 is 2.54 bits per heavy atom. The van der Waals surface area contributed by atoms with Crippen molar-refractivity contribution in [3.63, 3.8) is 0 Å². The van der Waals surface area contributed by atoms with E-state index in [9.17, 15) is 17.6 Å². The van der Waals surface area contributed by atoms with E-state index in [1.54, 1.807) is 13.8 Å². The number of nitrogens with zero attached hydrogens (tertiary/aromatic N) is 3. The zero-order valence-electron chi connectivity index (χ0n) is 15.3. The molecule has 28 heavy (non-hydrogen) atoms. The summed E-state index contributed by atoms with van der Waals surface area (Å²) in [7, 11) is -3.78. The highest BCUT2D eigenvalue weighted by atomic mass is 32.2. The second-order valence-electron chi connectivity index (χ2n) is 6.70. The lowest BCUT2D eigenvalue weighted by molar-refractivity contribution is 0.383. The van der Waals surface area contributed by atoms with Crippen molar-refractivity contribution in [2.24, 2.45) is 0 Å². The van der Waals surface area contributed by atoms with Gasteiger partial charge in [-0.15, -0.1) is 0 Å². The second-order valence-corrected chi connectivity index (χ2v) is 8.57. The minimum atomic E-state index is -3.78. The van der Waals surface area contributed by atoms with Gasteiger partial charge < -0.3 is 4.98 Å². The van der Waals surface area contributed by atoms with Crippen molar-refractivity contribution < 1.29 is 12.8 Å². The number of fused-ring (bicyclic) bond motifs is 1. The van der Waals surface area contributed by atoms with Gasteiger partial charge in [-0.1, -0.05) is 0 Å². The minimum absolute atomic E-state index is 0.0140. The van der Waals surface area contributed by atoms with E-state index < -0.39 is 15.8 Å². The highest BCUT2D eigenvalue weighted by Crippen LogP contribution is 2.26. The fraction of sp³-hybridized carbons (Fsp3) is 0.278. The van der Waals surface area contributed by atoms with Gasteiger partial charge in [-0.3, -0.25) is 9.89 Å². The smallest absolute Gasteiger partial charge is 0.254 e. The third kappa shape index (κ3) is 3.04. The molecule has 1 aromatic carbocycles. The number of sulfonamides is 1. The first-order valence-corrected chi connectivity index (χ1v) is 10.1. The molecule has 2 aromatic heterocycles. The maximum atomic E-state index is 13.2. The van der Waals surface area contributed by atoms with Crippen LogP contribution in [0.1, 0.15) is 22.6 Å². The summed E-state index contributed by atoms with van der Waals surface area (Å²) in [6.45, 7) is 3.45. The van der Waals surface area contributed by atoms with Crippen LogP contribution in [0.3, 0.4) is 0 Å². The summed E-state index contributed by atoms with van der Waals surface area (Å²) in [5.74, 6) is -0.120. The largest absolute Gasteiger partial charge is 0.306 e. The van der Waals surface area contributed by atoms with E-state index >= 15 is 0 Å². The third-order valence-corrected chi connectivity index (χ3v) is 6.92. The molecule has 4 rings (SSSR count). The van der Waals surface area contributed by atoms with Crippen LogP contribution < -0.4 is 5.56 Å². The molecule has 0 saturated heterocycles. The molecule has 0 aliphatic carbocycles. The van der Waals surface area contributed by atoms with E-state index in [2.05, 4.69) is 20.2 Å². The van der Waals surface area contributed by atoms with Gasteiger partial charge in [0.2, 0.25) is 10.0 Å². The Bertz CT molecular complexity index is 1200. The van der Waals surface area contributed by atoms with Gasteiger partial charge in [-0.25, -0.2) is 17.8 Å². The van der Waals surface area contributed by atoms with Crippen molar-refractivity contribution in [1.29, 1.82) is 0 Å². The fourth-order valence-corrected chi connectivity index (χ4v) is 5.15. The molecule has 0 radical (unpaired) electrons. The fourth-order valence-electron chi connectivity index (χ4n) is 3.42. The quantitative estimate of drug-likeness (QED) is 0.691. The molecule has 1 aliphatic rings. The summed E-state index contributed by atoms with van der Waals surface area (Å²) >= 11 is 0. The lowest BCUT2D eigenvalue weighted by atomic mass is 10.1. The highest BCUT2D eigenvalue weighted by Gasteiger charge is 2.33. The number of halogens is 1. The zero-order chi connectivity index (χ0) is 20.1. The van der Waals surface area contributed by atoms with Gasteiger partial charge in [0, 0.05) is 17.7 Å². The standard InChI is InChI=1S/C18H18FN5O3S/c1-10-16(11(2)23-22-10)28(26,27)24-8-7-14-15(9-24)20-17(21-18(14)25)12-3-5-13(19)6-4-12/h3-6H,7-9H2,1-2H3,(H,22,23)(H,20,21,25). The molecule has 3 aromatic rings. The molecule has 0 saturated carbocycles. The minimum Gasteiger partial charge on any atom is -0.306 e. The van der Waals surface area contributed by atoms with Gasteiger partial charge in [0.05, 0.1) is 23.6 Å². The molecule has 0 amide bonds. The van der Waals surface area contributed by atoms with Crippen LogP contribution in [0, 0.1) is 19.7 Å². The molecular formula is C18H18FN5O3S. The Hall–Kier alpha value is -2.85. The first-order valence-electron chi connectivity index (χ1n) is 8.67. The monoisotopic (exact) mass is 403 g/mol. The number of benzene rings is 1. The predicted molar refractivity (Wildman–Crippen MR) is 99.6 cm³/mol. The zero-order valence-corrected chi connectivity index (χ0v) is 16.1. The van der Waals surface area contributed by atoms with Gasteiger partial charge >= 0.3 is 0 Å². The molecule has 146 valence electrons. The lowest BCUT2D eigenvalue weighted by Crippen LogP contribution is -2.39. The van der Waals surface area contributed by atoms with Crippen molar-refractivity contribution in [2.45, 2.75) is 31.7 Å². The van der Waals surface area contributed by atoms with Crippen LogP contribution in [0.5, 0.6) is 0 Å². The van der Waals surface area contributed by atoms with Crippen molar-refractivity contribution in [2.75, 3.05) is 6.54 Å². The van der Waals surface area contributed by atoms with Crippen molar-refractivity contribution in [1.82, 2.24) is 24.5 Å². The van der Waals surface area contributed by atoms with Gasteiger partial charge in [-0.05, 0) is 44.5 Å². The number of rotatable bonds is 3. The van der Waals surface area contributed by atoms with Crippen LogP contribution >= 0.6 is 0 Å². The van der Waals surface area contributed by atoms with Gasteiger partial charge in [0.15, 0.2) is 0 Å². The molecule has 0 fully saturated rings. The maximum Gasteiger partial charge on any atom is 0.254 e. The number of aromatic nitrogens is 4. The molecule has 2 N–H and O–H groups in total. The van der Waals surface area contributed by atoms with Crippen LogP contribution in [0.4, 0.5) is 4.39 Å². The molecule has 0 spiro atoms. The van der Waals surface area contributed by atoms with Crippen LogP contribution in [0.15, 0.2) is 34.0 Å². The van der Waals surface area contributed by atoms with Crippen LogP contribution in [0.25, 0.3) is 11.4 Å². The summed E-state index contributed by atoms with van der Waals surface area (Å²) < 4.78 is 40.6. The summed E-state index contributed by atoms with van der Waals surface area (Å²) in [5, 5.41) is 6.65. The Morgan fingerprint density at radius 1 is 1.18 bits per heavy atom. The molecule has 0 unspecified atom stereocenters. The number of nitrogens with one attached hydrogen (secondary N) is 2. The number of aromatic amines is 2. The Kier molecular flexibility index (Phi) is 4.39. The summed E-state index contributed by atoms with van der Waals surface area (Å²) in [6.07, 6.45) is 0.260. The molecule has 10 heteroatoms. The maximum absolute atomic E-state index is 13.2. The Balaban J connectivity index is 1.74. The SMILES string of the molecule is Cc1n[nH]c(C)c1S(=O)(=O)N1CCc2c(nc(-c3ccc(F)cc3)[nH]c2=O)C1. The Labute approximate surface area is 160 Å². The summed E-state index contributed by atoms with van der Waals surface area (Å²) in [6, 6.07) is 5.57. The van der Waals surface area contributed by atoms with Crippen molar-refractivity contribution in [3.8, 4) is 11.4 Å². The molecule has 1 aliphatic heterocycles. The van der Waals surface area contributed by atoms with Gasteiger partial charge in [-0.2, -0.15) is 9.40 Å². The number of aryl methyl sites for hydroxylation is 2. The van der Waals surface area contributed by atoms with Crippen LogP contribution in [-0.2, 0) is 23.0 Å². The highest BCUT2D eigenvalue weighted by molar-refractivity contribution is 7.89. The molecule has 3 heterocycles. The molecule has 0 atom stereocenters. The molecule has 0 bridgehead atoms. The average Bonchev–Trinajstić information content (AvgIpc) is 3.00. The van der Waals surface area contributed by atoms with E-state index in [1.165, 1.54) is 28.6 Å². The Morgan fingerprint density at radius 2 is 1.89 bits per heavy atom. The first kappa shape index (κ1) is 18.5. The average molecular weight is 403 g/mol. The number of hydrogen-bond donors (Lipinski definition) is 2. The van der Waals surface area contributed by atoms with E-state index in [4.69, 9.17) is 0 Å². The van der Waals surface area contributed by atoms with Gasteiger partial charge in [0.1, 0.15) is 16.5 Å². The second kappa shape index (κ2) is 6.64. The number of H-pyrrole nitrogens is 2. The van der Waals surface area contributed by atoms with E-state index in [1.807, 2.05) is 0 Å². The lowest BCUT2D eigenvalue weighted by Gasteiger charge is -2.27. The number of hydrogen-bond acceptors (Lipinski definition) is 5. The van der Waals surface area contributed by atoms with Crippen molar-refractivity contribution >= 4 is 10.0 Å². The third-order valence-electron chi connectivity index (χ3n) is 4.81. The van der Waals surface area contributed by atoms with E-state index in [0.29, 0.717) is 28.2 Å². The van der Waals surface area contributed by atoms with E-state index in [-0.39, 0.29) is 35.8 Å². The topological polar surface area (TPSA) is 112 Å². The van der Waals surface area contributed by atoms with Gasteiger partial charge in [0.25, 0.3) is 5.56 Å².